The van der Waals surface area contributed by atoms with Crippen LogP contribution in [0.25, 0.3) is 20.8 Å². The molecule has 0 aliphatic heterocycles. The fraction of sp³-hybridized carbons (Fsp3) is 0.250. The highest BCUT2D eigenvalue weighted by atomic mass is 32.1. The minimum Gasteiger partial charge on any atom is -0.476 e. The number of nitrogens with one attached hydrogen (secondary N) is 1. The van der Waals surface area contributed by atoms with E-state index in [1.807, 2.05) is 31.2 Å². The van der Waals surface area contributed by atoms with E-state index in [1.165, 1.54) is 16.9 Å². The van der Waals surface area contributed by atoms with Crippen molar-refractivity contribution in [1.82, 2.24) is 9.97 Å². The third kappa shape index (κ3) is 4.03. The molecule has 2 heterocycles. The average Bonchev–Trinajstić information content (AvgIpc) is 3.37. The Kier molecular flexibility index (Phi) is 5.71. The number of carboxylic acid groups (broad SMARTS) is 1. The van der Waals surface area contributed by atoms with Crippen molar-refractivity contribution in [1.29, 1.82) is 0 Å². The topological polar surface area (TPSA) is 87.5 Å². The van der Waals surface area contributed by atoms with Gasteiger partial charge in [-0.2, -0.15) is 5.10 Å². The zero-order valence-corrected chi connectivity index (χ0v) is 19.2. The second kappa shape index (κ2) is 8.80. The highest BCUT2D eigenvalue weighted by Crippen LogP contribution is 2.32. The van der Waals surface area contributed by atoms with Crippen LogP contribution in [0, 0.1) is 0 Å². The van der Waals surface area contributed by atoms with Crippen molar-refractivity contribution in [2.75, 3.05) is 5.43 Å². The number of aryl methyl sites for hydroxylation is 2. The van der Waals surface area contributed by atoms with Gasteiger partial charge in [-0.15, -0.1) is 11.3 Å². The normalized spacial score (nSPS) is 15.0. The van der Waals surface area contributed by atoms with Crippen molar-refractivity contribution in [3.63, 3.8) is 0 Å². The predicted molar refractivity (Wildman–Crippen MR) is 131 cm³/mol. The van der Waals surface area contributed by atoms with Crippen LogP contribution < -0.4 is 5.43 Å². The summed E-state index contributed by atoms with van der Waals surface area (Å²) in [5.74, 6) is -0.971. The van der Waals surface area contributed by atoms with Gasteiger partial charge in [-0.05, 0) is 55.9 Å². The van der Waals surface area contributed by atoms with Crippen molar-refractivity contribution < 1.29 is 9.90 Å². The molecule has 2 aromatic heterocycles. The molecule has 162 valence electrons. The lowest BCUT2D eigenvalue weighted by molar-refractivity contribution is 0.0690. The fourth-order valence-electron chi connectivity index (χ4n) is 3.97. The molecular weight excluding hydrogens is 440 g/mol. The van der Waals surface area contributed by atoms with E-state index in [0.717, 1.165) is 67.8 Å². The molecule has 0 unspecified atom stereocenters. The van der Waals surface area contributed by atoms with Crippen LogP contribution in [0.5, 0.6) is 0 Å². The first-order valence-corrected chi connectivity index (χ1v) is 12.3. The number of hydrazone groups is 1. The highest BCUT2D eigenvalue weighted by Gasteiger charge is 2.20. The number of fused-ring (bicyclic) bond motifs is 2. The third-order valence-electron chi connectivity index (χ3n) is 5.58. The van der Waals surface area contributed by atoms with Crippen LogP contribution in [0.1, 0.15) is 52.7 Å². The number of benzene rings is 2. The summed E-state index contributed by atoms with van der Waals surface area (Å²) >= 11 is 3.04. The zero-order chi connectivity index (χ0) is 22.1. The Morgan fingerprint density at radius 2 is 1.97 bits per heavy atom. The van der Waals surface area contributed by atoms with Crippen molar-refractivity contribution >= 4 is 49.7 Å². The molecule has 1 aliphatic carbocycles. The molecule has 2 N–H and O–H groups in total. The summed E-state index contributed by atoms with van der Waals surface area (Å²) in [5, 5.41) is 15.7. The van der Waals surface area contributed by atoms with Crippen LogP contribution in [0.2, 0.25) is 0 Å². The minimum atomic E-state index is -0.971. The molecule has 0 fully saturated rings. The second-order valence-corrected chi connectivity index (χ2v) is 9.80. The smallest absolute Gasteiger partial charge is 0.355 e. The van der Waals surface area contributed by atoms with Crippen LogP contribution in [0.4, 0.5) is 5.13 Å². The van der Waals surface area contributed by atoms with Crippen molar-refractivity contribution in [3.05, 3.63) is 64.2 Å². The van der Waals surface area contributed by atoms with Crippen LogP contribution in [0.15, 0.2) is 47.6 Å². The van der Waals surface area contributed by atoms with Gasteiger partial charge in [0.15, 0.2) is 5.69 Å². The first-order valence-electron chi connectivity index (χ1n) is 10.7. The van der Waals surface area contributed by atoms with Gasteiger partial charge in [0.2, 0.25) is 5.13 Å². The highest BCUT2D eigenvalue weighted by molar-refractivity contribution is 7.22. The van der Waals surface area contributed by atoms with E-state index >= 15 is 0 Å². The molecule has 0 bridgehead atoms. The molecule has 32 heavy (non-hydrogen) atoms. The van der Waals surface area contributed by atoms with Gasteiger partial charge >= 0.3 is 5.97 Å². The molecule has 4 aromatic rings. The lowest BCUT2D eigenvalue weighted by Gasteiger charge is -2.10. The first kappa shape index (κ1) is 20.8. The van der Waals surface area contributed by atoms with E-state index < -0.39 is 5.97 Å². The van der Waals surface area contributed by atoms with Gasteiger partial charge in [0, 0.05) is 16.0 Å². The number of thiazole rings is 2. The largest absolute Gasteiger partial charge is 0.476 e. The standard InChI is InChI=1S/C24H22N4O2S2/c1-2-19-21(23(29)30)26-22(31-19)15-12-11-14-7-3-4-8-17(16(14)13-15)27-28-24-25-18-9-5-6-10-20(18)32-24/h5-6,9-13H,2-4,7-8H2,1H3,(H,25,28)(H,29,30)/b27-17+. The molecule has 0 atom stereocenters. The van der Waals surface area contributed by atoms with Crippen molar-refractivity contribution in [3.8, 4) is 10.6 Å². The average molecular weight is 463 g/mol. The monoisotopic (exact) mass is 462 g/mol. The summed E-state index contributed by atoms with van der Waals surface area (Å²) < 4.78 is 1.13. The zero-order valence-electron chi connectivity index (χ0n) is 17.6. The Hall–Kier alpha value is -3.10. The maximum Gasteiger partial charge on any atom is 0.355 e. The Morgan fingerprint density at radius 3 is 2.75 bits per heavy atom. The summed E-state index contributed by atoms with van der Waals surface area (Å²) in [7, 11) is 0. The minimum absolute atomic E-state index is 0.161. The summed E-state index contributed by atoms with van der Waals surface area (Å²) in [6.45, 7) is 1.96. The quantitative estimate of drug-likeness (QED) is 0.271. The number of carbonyl (C=O) groups is 1. The Labute approximate surface area is 193 Å². The summed E-state index contributed by atoms with van der Waals surface area (Å²) in [5.41, 5.74) is 8.62. The van der Waals surface area contributed by atoms with Crippen LogP contribution in [-0.4, -0.2) is 26.8 Å². The van der Waals surface area contributed by atoms with Gasteiger partial charge in [0.25, 0.3) is 0 Å². The van der Waals surface area contributed by atoms with Gasteiger partial charge in [0.05, 0.1) is 15.9 Å². The van der Waals surface area contributed by atoms with Crippen LogP contribution >= 0.6 is 22.7 Å². The molecule has 2 aromatic carbocycles. The van der Waals surface area contributed by atoms with Gasteiger partial charge in [-0.1, -0.05) is 42.5 Å². The maximum absolute atomic E-state index is 11.6. The summed E-state index contributed by atoms with van der Waals surface area (Å²) in [4.78, 5) is 21.4. The van der Waals surface area contributed by atoms with E-state index in [9.17, 15) is 9.90 Å². The number of nitrogens with zero attached hydrogens (tertiary/aromatic N) is 3. The summed E-state index contributed by atoms with van der Waals surface area (Å²) in [6, 6.07) is 14.4. The lowest BCUT2D eigenvalue weighted by atomic mass is 9.99. The van der Waals surface area contributed by atoms with E-state index in [-0.39, 0.29) is 5.69 Å². The number of rotatable bonds is 5. The number of para-hydroxylation sites is 1. The number of hydrogen-bond donors (Lipinski definition) is 2. The van der Waals surface area contributed by atoms with Crippen molar-refractivity contribution in [2.24, 2.45) is 5.10 Å². The number of carboxylic acids is 1. The molecular formula is C24H22N4O2S2. The van der Waals surface area contributed by atoms with Crippen LogP contribution in [0.3, 0.4) is 0 Å². The molecule has 6 nitrogen and oxygen atoms in total. The Bertz CT molecular complexity index is 1310. The molecule has 0 spiro atoms. The number of aromatic carboxylic acids is 1. The van der Waals surface area contributed by atoms with Gasteiger partial charge in [-0.3, -0.25) is 5.43 Å². The summed E-state index contributed by atoms with van der Waals surface area (Å²) in [6.07, 6.45) is 4.74. The molecule has 5 rings (SSSR count). The Morgan fingerprint density at radius 1 is 1.12 bits per heavy atom. The van der Waals surface area contributed by atoms with Crippen molar-refractivity contribution in [2.45, 2.75) is 39.0 Å². The fourth-order valence-corrected chi connectivity index (χ4v) is 5.77. The first-order chi connectivity index (χ1) is 15.6. The maximum atomic E-state index is 11.6. The molecule has 1 aliphatic rings. The van der Waals surface area contributed by atoms with Crippen LogP contribution in [-0.2, 0) is 12.8 Å². The second-order valence-electron chi connectivity index (χ2n) is 7.69. The Balaban J connectivity index is 1.50. The number of aromatic nitrogens is 2. The molecule has 0 saturated carbocycles. The van der Waals surface area contributed by atoms with E-state index in [1.54, 1.807) is 11.3 Å². The molecule has 0 saturated heterocycles. The molecule has 8 heteroatoms. The third-order valence-corrected chi connectivity index (χ3v) is 7.77. The van der Waals surface area contributed by atoms with E-state index in [4.69, 9.17) is 5.10 Å². The van der Waals surface area contributed by atoms with Gasteiger partial charge in [-0.25, -0.2) is 14.8 Å². The van der Waals surface area contributed by atoms with E-state index in [0.29, 0.717) is 6.42 Å². The van der Waals surface area contributed by atoms with Gasteiger partial charge in [0.1, 0.15) is 5.01 Å². The lowest BCUT2D eigenvalue weighted by Crippen LogP contribution is -2.06. The predicted octanol–water partition coefficient (Wildman–Crippen LogP) is 6.22. The number of anilines is 1. The van der Waals surface area contributed by atoms with E-state index in [2.05, 4.69) is 33.6 Å². The van der Waals surface area contributed by atoms with Gasteiger partial charge < -0.3 is 5.11 Å². The molecule has 0 radical (unpaired) electrons. The molecule has 0 amide bonds. The SMILES string of the molecule is CCc1sc(-c2ccc3c(c2)/C(=N/Nc2nc4ccccc4s2)CCCC3)nc1C(=O)O. The number of hydrogen-bond acceptors (Lipinski definition) is 7.